The van der Waals surface area contributed by atoms with Gasteiger partial charge < -0.3 is 20.1 Å². The first kappa shape index (κ1) is 24.0. The van der Waals surface area contributed by atoms with E-state index < -0.39 is 11.8 Å². The third kappa shape index (κ3) is 7.20. The van der Waals surface area contributed by atoms with Crippen molar-refractivity contribution in [3.05, 3.63) is 83.9 Å². The molecule has 0 aromatic heterocycles. The van der Waals surface area contributed by atoms with Gasteiger partial charge in [0.05, 0.1) is 13.3 Å². The summed E-state index contributed by atoms with van der Waals surface area (Å²) in [6.07, 6.45) is 1.33. The van der Waals surface area contributed by atoms with Gasteiger partial charge in [-0.1, -0.05) is 24.3 Å². The van der Waals surface area contributed by atoms with Gasteiger partial charge in [-0.15, -0.1) is 0 Å². The third-order valence-corrected chi connectivity index (χ3v) is 4.50. The van der Waals surface area contributed by atoms with Crippen LogP contribution in [0.2, 0.25) is 0 Å². The van der Waals surface area contributed by atoms with Gasteiger partial charge in [0.2, 0.25) is 0 Å². The number of aryl methyl sites for hydroxylation is 1. The van der Waals surface area contributed by atoms with E-state index >= 15 is 0 Å². The van der Waals surface area contributed by atoms with Crippen LogP contribution < -0.4 is 25.5 Å². The number of anilines is 2. The zero-order chi connectivity index (χ0) is 24.3. The van der Waals surface area contributed by atoms with Gasteiger partial charge in [0, 0.05) is 16.9 Å². The number of rotatable bonds is 8. The summed E-state index contributed by atoms with van der Waals surface area (Å²) >= 11 is 0. The van der Waals surface area contributed by atoms with Crippen LogP contribution in [0.1, 0.15) is 11.1 Å². The van der Waals surface area contributed by atoms with E-state index in [-0.39, 0.29) is 12.5 Å². The fourth-order valence-electron chi connectivity index (χ4n) is 2.86. The van der Waals surface area contributed by atoms with Crippen molar-refractivity contribution in [3.8, 4) is 11.5 Å². The van der Waals surface area contributed by atoms with Crippen LogP contribution in [0.5, 0.6) is 11.5 Å². The highest BCUT2D eigenvalue weighted by Crippen LogP contribution is 2.17. The maximum atomic E-state index is 12.2. The number of nitrogens with one attached hydrogen (secondary N) is 3. The Kier molecular flexibility index (Phi) is 8.34. The predicted molar refractivity (Wildman–Crippen MR) is 129 cm³/mol. The number of hydrazone groups is 1. The minimum absolute atomic E-state index is 0.234. The SMILES string of the molecule is COc1ccc(NC(=O)COc2ccccc2/C=N\NC(=O)C(=O)Nc2cccc(C)c2)cc1. The second-order valence-corrected chi connectivity index (χ2v) is 7.13. The Morgan fingerprint density at radius 2 is 1.65 bits per heavy atom. The molecule has 0 aliphatic rings. The molecule has 0 saturated carbocycles. The lowest BCUT2D eigenvalue weighted by molar-refractivity contribution is -0.136. The van der Waals surface area contributed by atoms with E-state index in [1.54, 1.807) is 73.8 Å². The van der Waals surface area contributed by atoms with Gasteiger partial charge in [0.25, 0.3) is 5.91 Å². The van der Waals surface area contributed by atoms with E-state index in [9.17, 15) is 14.4 Å². The number of methoxy groups -OCH3 is 1. The Balaban J connectivity index is 1.52. The van der Waals surface area contributed by atoms with Crippen molar-refractivity contribution < 1.29 is 23.9 Å². The van der Waals surface area contributed by atoms with Crippen LogP contribution in [0, 0.1) is 6.92 Å². The standard InChI is InChI=1S/C25H24N4O5/c1-17-6-5-8-20(14-17)28-24(31)25(32)29-26-15-18-7-3-4-9-22(18)34-16-23(30)27-19-10-12-21(33-2)13-11-19/h3-15H,16H2,1-2H3,(H,27,30)(H,28,31)(H,29,32)/b26-15-. The van der Waals surface area contributed by atoms with Crippen LogP contribution in [0.25, 0.3) is 0 Å². The molecule has 0 fully saturated rings. The largest absolute Gasteiger partial charge is 0.497 e. The van der Waals surface area contributed by atoms with Crippen LogP contribution >= 0.6 is 0 Å². The summed E-state index contributed by atoms with van der Waals surface area (Å²) in [5, 5.41) is 9.04. The molecule has 0 aliphatic carbocycles. The molecule has 0 radical (unpaired) electrons. The van der Waals surface area contributed by atoms with Crippen molar-refractivity contribution in [3.63, 3.8) is 0 Å². The average Bonchev–Trinajstić information content (AvgIpc) is 2.84. The number of nitrogens with zero attached hydrogens (tertiary/aromatic N) is 1. The lowest BCUT2D eigenvalue weighted by atomic mass is 10.2. The van der Waals surface area contributed by atoms with E-state index in [0.29, 0.717) is 28.4 Å². The third-order valence-electron chi connectivity index (χ3n) is 4.50. The molecule has 9 heteroatoms. The molecule has 0 atom stereocenters. The fraction of sp³-hybridized carbons (Fsp3) is 0.120. The minimum Gasteiger partial charge on any atom is -0.497 e. The molecular formula is C25H24N4O5. The predicted octanol–water partition coefficient (Wildman–Crippen LogP) is 3.11. The van der Waals surface area contributed by atoms with Crippen molar-refractivity contribution in [1.29, 1.82) is 0 Å². The molecule has 34 heavy (non-hydrogen) atoms. The number of carbonyl (C=O) groups excluding carboxylic acids is 3. The summed E-state index contributed by atoms with van der Waals surface area (Å²) in [5.41, 5.74) is 4.75. The Morgan fingerprint density at radius 3 is 2.38 bits per heavy atom. The van der Waals surface area contributed by atoms with Crippen LogP contribution in [0.3, 0.4) is 0 Å². The van der Waals surface area contributed by atoms with Crippen molar-refractivity contribution in [2.45, 2.75) is 6.92 Å². The van der Waals surface area contributed by atoms with Crippen molar-refractivity contribution in [1.82, 2.24) is 5.43 Å². The van der Waals surface area contributed by atoms with E-state index in [1.807, 2.05) is 13.0 Å². The van der Waals surface area contributed by atoms with Crippen LogP contribution in [0.4, 0.5) is 11.4 Å². The summed E-state index contributed by atoms with van der Waals surface area (Å²) < 4.78 is 10.7. The number of ether oxygens (including phenoxy) is 2. The Labute approximate surface area is 196 Å². The molecule has 0 unspecified atom stereocenters. The Bertz CT molecular complexity index is 1190. The molecular weight excluding hydrogens is 436 g/mol. The average molecular weight is 460 g/mol. The molecule has 174 valence electrons. The minimum atomic E-state index is -0.921. The zero-order valence-corrected chi connectivity index (χ0v) is 18.7. The van der Waals surface area contributed by atoms with Crippen LogP contribution in [0.15, 0.2) is 77.9 Å². The van der Waals surface area contributed by atoms with Crippen LogP contribution in [-0.4, -0.2) is 37.7 Å². The van der Waals surface area contributed by atoms with Crippen molar-refractivity contribution in [2.24, 2.45) is 5.10 Å². The van der Waals surface area contributed by atoms with Crippen molar-refractivity contribution in [2.75, 3.05) is 24.4 Å². The molecule has 9 nitrogen and oxygen atoms in total. The second kappa shape index (κ2) is 11.8. The molecule has 3 aromatic rings. The number of hydrogen-bond donors (Lipinski definition) is 3. The fourth-order valence-corrected chi connectivity index (χ4v) is 2.86. The lowest BCUT2D eigenvalue weighted by Gasteiger charge is -2.10. The molecule has 3 aromatic carbocycles. The van der Waals surface area contributed by atoms with E-state index in [2.05, 4.69) is 21.2 Å². The highest BCUT2D eigenvalue weighted by Gasteiger charge is 2.13. The molecule has 3 rings (SSSR count). The van der Waals surface area contributed by atoms with Gasteiger partial charge in [0.1, 0.15) is 11.5 Å². The molecule has 0 heterocycles. The van der Waals surface area contributed by atoms with Gasteiger partial charge in [0.15, 0.2) is 6.61 Å². The highest BCUT2D eigenvalue weighted by molar-refractivity contribution is 6.39. The molecule has 0 saturated heterocycles. The first-order chi connectivity index (χ1) is 16.4. The summed E-state index contributed by atoms with van der Waals surface area (Å²) in [4.78, 5) is 36.2. The summed E-state index contributed by atoms with van der Waals surface area (Å²) in [6, 6.07) is 20.8. The summed E-state index contributed by atoms with van der Waals surface area (Å²) in [6.45, 7) is 1.64. The van der Waals surface area contributed by atoms with E-state index in [4.69, 9.17) is 9.47 Å². The van der Waals surface area contributed by atoms with Gasteiger partial charge in [-0.25, -0.2) is 5.43 Å². The Hall–Kier alpha value is -4.66. The highest BCUT2D eigenvalue weighted by atomic mass is 16.5. The number of para-hydroxylation sites is 1. The number of amides is 3. The van der Waals surface area contributed by atoms with Crippen LogP contribution in [-0.2, 0) is 14.4 Å². The summed E-state index contributed by atoms with van der Waals surface area (Å²) in [5.74, 6) is -1.05. The smallest absolute Gasteiger partial charge is 0.329 e. The van der Waals surface area contributed by atoms with E-state index in [1.165, 1.54) is 6.21 Å². The quantitative estimate of drug-likeness (QED) is 0.271. The molecule has 0 aliphatic heterocycles. The van der Waals surface area contributed by atoms with Gasteiger partial charge in [-0.2, -0.15) is 5.10 Å². The van der Waals surface area contributed by atoms with Gasteiger partial charge >= 0.3 is 11.8 Å². The number of benzene rings is 3. The van der Waals surface area contributed by atoms with Gasteiger partial charge in [-0.05, 0) is 61.0 Å². The second-order valence-electron chi connectivity index (χ2n) is 7.13. The molecule has 3 amide bonds. The maximum Gasteiger partial charge on any atom is 0.329 e. The topological polar surface area (TPSA) is 118 Å². The molecule has 3 N–H and O–H groups in total. The molecule has 0 bridgehead atoms. The van der Waals surface area contributed by atoms with E-state index in [0.717, 1.165) is 5.56 Å². The summed E-state index contributed by atoms with van der Waals surface area (Å²) in [7, 11) is 1.56. The maximum absolute atomic E-state index is 12.2. The Morgan fingerprint density at radius 1 is 0.882 bits per heavy atom. The zero-order valence-electron chi connectivity index (χ0n) is 18.7. The first-order valence-electron chi connectivity index (χ1n) is 10.3. The van der Waals surface area contributed by atoms with Crippen molar-refractivity contribution >= 4 is 35.3 Å². The monoisotopic (exact) mass is 460 g/mol. The molecule has 0 spiro atoms. The number of hydrogen-bond acceptors (Lipinski definition) is 6. The first-order valence-corrected chi connectivity index (χ1v) is 10.3. The normalized spacial score (nSPS) is 10.4. The lowest BCUT2D eigenvalue weighted by Crippen LogP contribution is -2.32. The van der Waals surface area contributed by atoms with Gasteiger partial charge in [-0.3, -0.25) is 14.4 Å². The number of carbonyl (C=O) groups is 3.